The Labute approximate surface area is 107 Å². The van der Waals surface area contributed by atoms with Gasteiger partial charge in [0.2, 0.25) is 0 Å². The van der Waals surface area contributed by atoms with Crippen molar-refractivity contribution in [3.63, 3.8) is 0 Å². The largest absolute Gasteiger partial charge is 0.374 e. The van der Waals surface area contributed by atoms with Gasteiger partial charge in [-0.3, -0.25) is 0 Å². The molecule has 0 aromatic carbocycles. The molecule has 96 valence electrons. The first kappa shape index (κ1) is 13.0. The zero-order chi connectivity index (χ0) is 12.3. The van der Waals surface area contributed by atoms with Crippen LogP contribution >= 0.6 is 11.3 Å². The monoisotopic (exact) mass is 254 g/mol. The van der Waals surface area contributed by atoms with Crippen LogP contribution in [0.4, 0.5) is 0 Å². The van der Waals surface area contributed by atoms with Crippen LogP contribution in [0, 0.1) is 6.92 Å². The van der Waals surface area contributed by atoms with Gasteiger partial charge in [0.25, 0.3) is 0 Å². The molecule has 2 atom stereocenters. The average Bonchev–Trinajstić information content (AvgIpc) is 2.90. The van der Waals surface area contributed by atoms with Gasteiger partial charge in [-0.05, 0) is 43.7 Å². The minimum Gasteiger partial charge on any atom is -0.374 e. The van der Waals surface area contributed by atoms with Crippen LogP contribution in [0.5, 0.6) is 0 Å². The SMILES string of the molecule is Cc1ccsc1C(CN)NCC1(C)CCCO1. The number of nitrogens with one attached hydrogen (secondary N) is 1. The summed E-state index contributed by atoms with van der Waals surface area (Å²) in [5.41, 5.74) is 7.19. The fourth-order valence-corrected chi connectivity index (χ4v) is 3.36. The summed E-state index contributed by atoms with van der Waals surface area (Å²) >= 11 is 1.78. The van der Waals surface area contributed by atoms with E-state index >= 15 is 0 Å². The molecule has 1 saturated heterocycles. The van der Waals surface area contributed by atoms with E-state index in [1.54, 1.807) is 11.3 Å². The molecule has 3 nitrogen and oxygen atoms in total. The van der Waals surface area contributed by atoms with Crippen LogP contribution < -0.4 is 11.1 Å². The van der Waals surface area contributed by atoms with Crippen molar-refractivity contribution in [3.8, 4) is 0 Å². The van der Waals surface area contributed by atoms with E-state index in [1.165, 1.54) is 16.9 Å². The van der Waals surface area contributed by atoms with Crippen molar-refractivity contribution >= 4 is 11.3 Å². The quantitative estimate of drug-likeness (QED) is 0.847. The molecule has 2 unspecified atom stereocenters. The van der Waals surface area contributed by atoms with Crippen molar-refractivity contribution in [2.75, 3.05) is 19.7 Å². The van der Waals surface area contributed by atoms with Crippen LogP contribution in [0.1, 0.15) is 36.2 Å². The lowest BCUT2D eigenvalue weighted by molar-refractivity contribution is 0.0189. The van der Waals surface area contributed by atoms with Crippen LogP contribution in [-0.2, 0) is 4.74 Å². The zero-order valence-electron chi connectivity index (χ0n) is 10.7. The second kappa shape index (κ2) is 5.48. The molecule has 1 aromatic rings. The number of nitrogens with two attached hydrogens (primary N) is 1. The van der Waals surface area contributed by atoms with Gasteiger partial charge in [-0.2, -0.15) is 0 Å². The van der Waals surface area contributed by atoms with Crippen LogP contribution in [-0.4, -0.2) is 25.3 Å². The van der Waals surface area contributed by atoms with E-state index in [4.69, 9.17) is 10.5 Å². The van der Waals surface area contributed by atoms with Crippen LogP contribution in [0.3, 0.4) is 0 Å². The maximum atomic E-state index is 5.86. The molecular formula is C13H22N2OS. The molecule has 0 spiro atoms. The third-order valence-corrected chi connectivity index (χ3v) is 4.61. The summed E-state index contributed by atoms with van der Waals surface area (Å²) in [6, 6.07) is 2.41. The Morgan fingerprint density at radius 2 is 2.47 bits per heavy atom. The smallest absolute Gasteiger partial charge is 0.0779 e. The van der Waals surface area contributed by atoms with E-state index in [0.717, 1.165) is 19.6 Å². The first-order chi connectivity index (χ1) is 8.14. The summed E-state index contributed by atoms with van der Waals surface area (Å²) < 4.78 is 5.78. The molecule has 1 aliphatic rings. The number of hydrogen-bond acceptors (Lipinski definition) is 4. The number of rotatable bonds is 5. The van der Waals surface area contributed by atoms with Crippen molar-refractivity contribution < 1.29 is 4.74 Å². The van der Waals surface area contributed by atoms with Crippen LogP contribution in [0.25, 0.3) is 0 Å². The van der Waals surface area contributed by atoms with Gasteiger partial charge in [-0.15, -0.1) is 11.3 Å². The van der Waals surface area contributed by atoms with Gasteiger partial charge in [0.15, 0.2) is 0 Å². The second-order valence-electron chi connectivity index (χ2n) is 5.04. The van der Waals surface area contributed by atoms with Gasteiger partial charge in [0, 0.05) is 24.6 Å². The maximum absolute atomic E-state index is 5.86. The Balaban J connectivity index is 1.94. The van der Waals surface area contributed by atoms with Gasteiger partial charge in [0.1, 0.15) is 0 Å². The number of hydrogen-bond donors (Lipinski definition) is 2. The Morgan fingerprint density at radius 3 is 3.00 bits per heavy atom. The van der Waals surface area contributed by atoms with Crippen molar-refractivity contribution in [1.29, 1.82) is 0 Å². The Morgan fingerprint density at radius 1 is 1.65 bits per heavy atom. The normalized spacial score (nSPS) is 26.3. The molecule has 0 saturated carbocycles. The van der Waals surface area contributed by atoms with Crippen molar-refractivity contribution in [2.45, 2.75) is 38.3 Å². The van der Waals surface area contributed by atoms with Gasteiger partial charge in [-0.25, -0.2) is 0 Å². The summed E-state index contributed by atoms with van der Waals surface area (Å²) in [7, 11) is 0. The van der Waals surface area contributed by atoms with Crippen molar-refractivity contribution in [1.82, 2.24) is 5.32 Å². The summed E-state index contributed by atoms with van der Waals surface area (Å²) in [5, 5.41) is 5.68. The maximum Gasteiger partial charge on any atom is 0.0779 e. The molecule has 3 N–H and O–H groups in total. The fraction of sp³-hybridized carbons (Fsp3) is 0.692. The lowest BCUT2D eigenvalue weighted by Gasteiger charge is -2.27. The third kappa shape index (κ3) is 3.07. The first-order valence-corrected chi connectivity index (χ1v) is 7.14. The number of thiophene rings is 1. The molecule has 2 rings (SSSR count). The highest BCUT2D eigenvalue weighted by atomic mass is 32.1. The molecular weight excluding hydrogens is 232 g/mol. The summed E-state index contributed by atoms with van der Waals surface area (Å²) in [5.74, 6) is 0. The predicted octanol–water partition coefficient (Wildman–Crippen LogP) is 2.22. The molecule has 4 heteroatoms. The van der Waals surface area contributed by atoms with E-state index in [2.05, 4.69) is 30.6 Å². The standard InChI is InChI=1S/C13H22N2OS/c1-10-4-7-17-12(10)11(8-14)15-9-13(2)5-3-6-16-13/h4,7,11,15H,3,5-6,8-9,14H2,1-2H3. The van der Waals surface area contributed by atoms with Crippen molar-refractivity contribution in [3.05, 3.63) is 21.9 Å². The zero-order valence-corrected chi connectivity index (χ0v) is 11.5. The van der Waals surface area contributed by atoms with Gasteiger partial charge in [-0.1, -0.05) is 0 Å². The highest BCUT2D eigenvalue weighted by Crippen LogP contribution is 2.27. The minimum absolute atomic E-state index is 0.00140. The number of ether oxygens (including phenoxy) is 1. The van der Waals surface area contributed by atoms with E-state index < -0.39 is 0 Å². The van der Waals surface area contributed by atoms with Crippen LogP contribution in [0.15, 0.2) is 11.4 Å². The Bertz CT molecular complexity index is 358. The fourth-order valence-electron chi connectivity index (χ4n) is 2.34. The minimum atomic E-state index is -0.00140. The molecule has 1 aliphatic heterocycles. The molecule has 17 heavy (non-hydrogen) atoms. The van der Waals surface area contributed by atoms with Gasteiger partial charge in [0.05, 0.1) is 11.6 Å². The average molecular weight is 254 g/mol. The van der Waals surface area contributed by atoms with Gasteiger partial charge >= 0.3 is 0 Å². The summed E-state index contributed by atoms with van der Waals surface area (Å²) in [4.78, 5) is 1.36. The second-order valence-corrected chi connectivity index (χ2v) is 5.99. The lowest BCUT2D eigenvalue weighted by Crippen LogP contribution is -2.40. The first-order valence-electron chi connectivity index (χ1n) is 6.26. The third-order valence-electron chi connectivity index (χ3n) is 3.48. The Hall–Kier alpha value is -0.420. The van der Waals surface area contributed by atoms with Crippen LogP contribution in [0.2, 0.25) is 0 Å². The molecule has 0 radical (unpaired) electrons. The summed E-state index contributed by atoms with van der Waals surface area (Å²) in [6.45, 7) is 6.74. The molecule has 1 aromatic heterocycles. The highest BCUT2D eigenvalue weighted by Gasteiger charge is 2.30. The number of aryl methyl sites for hydroxylation is 1. The van der Waals surface area contributed by atoms with E-state index in [9.17, 15) is 0 Å². The van der Waals surface area contributed by atoms with E-state index in [1.807, 2.05) is 0 Å². The topological polar surface area (TPSA) is 47.3 Å². The Kier molecular flexibility index (Phi) is 4.20. The van der Waals surface area contributed by atoms with Crippen molar-refractivity contribution in [2.24, 2.45) is 5.73 Å². The molecule has 2 heterocycles. The predicted molar refractivity (Wildman–Crippen MR) is 72.4 cm³/mol. The van der Waals surface area contributed by atoms with Gasteiger partial charge < -0.3 is 15.8 Å². The molecule has 0 aliphatic carbocycles. The highest BCUT2D eigenvalue weighted by molar-refractivity contribution is 7.10. The lowest BCUT2D eigenvalue weighted by atomic mass is 10.0. The molecule has 0 amide bonds. The van der Waals surface area contributed by atoms with E-state index in [-0.39, 0.29) is 11.6 Å². The molecule has 0 bridgehead atoms. The summed E-state index contributed by atoms with van der Waals surface area (Å²) in [6.07, 6.45) is 2.31. The van der Waals surface area contributed by atoms with E-state index in [0.29, 0.717) is 6.54 Å². The molecule has 1 fully saturated rings.